The van der Waals surface area contributed by atoms with E-state index in [1.807, 2.05) is 0 Å². The van der Waals surface area contributed by atoms with E-state index in [2.05, 4.69) is 261 Å². The van der Waals surface area contributed by atoms with Crippen LogP contribution < -0.4 is 4.90 Å². The zero-order valence-electron chi connectivity index (χ0n) is 37.3. The molecule has 0 bridgehead atoms. The fourth-order valence-electron chi connectivity index (χ4n) is 9.59. The molecule has 0 N–H and O–H groups in total. The molecule has 11 rings (SSSR count). The molecule has 1 saturated carbocycles. The quantitative estimate of drug-likeness (QED) is 0.125. The molecule has 0 amide bonds. The van der Waals surface area contributed by atoms with Crippen LogP contribution in [0.1, 0.15) is 36.3 Å². The summed E-state index contributed by atoms with van der Waals surface area (Å²) in [6, 6.07) is 90.9. The third kappa shape index (κ3) is 8.40. The molecule has 0 unspecified atom stereocenters. The average molecular weight is 846 g/mol. The molecular weight excluding hydrogens is 795 g/mol. The average Bonchev–Trinajstić information content (AvgIpc) is 3.38. The highest BCUT2D eigenvalue weighted by atomic mass is 15.1. The molecule has 0 aliphatic heterocycles. The number of rotatable bonds is 11. The highest BCUT2D eigenvalue weighted by molar-refractivity contribution is 5.83. The first-order chi connectivity index (χ1) is 32.6. The van der Waals surface area contributed by atoms with Crippen molar-refractivity contribution in [2.75, 3.05) is 4.90 Å². The Morgan fingerprint density at radius 1 is 0.288 bits per heavy atom. The Balaban J connectivity index is 0.890. The molecule has 1 aliphatic rings. The smallest absolute Gasteiger partial charge is 0.0462 e. The van der Waals surface area contributed by atoms with E-state index >= 15 is 0 Å². The van der Waals surface area contributed by atoms with Crippen molar-refractivity contribution in [3.63, 3.8) is 0 Å². The molecule has 66 heavy (non-hydrogen) atoms. The number of aryl methyl sites for hydroxylation is 1. The highest BCUT2D eigenvalue weighted by Crippen LogP contribution is 2.43. The van der Waals surface area contributed by atoms with Gasteiger partial charge in [-0.1, -0.05) is 213 Å². The molecule has 1 fully saturated rings. The van der Waals surface area contributed by atoms with Gasteiger partial charge in [0, 0.05) is 17.1 Å². The van der Waals surface area contributed by atoms with Gasteiger partial charge in [-0.15, -0.1) is 0 Å². The lowest BCUT2D eigenvalue weighted by Crippen LogP contribution is -2.10. The van der Waals surface area contributed by atoms with Crippen molar-refractivity contribution in [2.24, 2.45) is 0 Å². The minimum absolute atomic E-state index is 0.674. The van der Waals surface area contributed by atoms with Gasteiger partial charge >= 0.3 is 0 Å². The van der Waals surface area contributed by atoms with Crippen molar-refractivity contribution in [3.05, 3.63) is 260 Å². The summed E-state index contributed by atoms with van der Waals surface area (Å²) in [7, 11) is 0. The summed E-state index contributed by atoms with van der Waals surface area (Å²) in [5.74, 6) is 0.674. The summed E-state index contributed by atoms with van der Waals surface area (Å²) in [5, 5.41) is 0. The van der Waals surface area contributed by atoms with Crippen LogP contribution in [0.25, 0.3) is 77.9 Å². The number of anilines is 3. The minimum atomic E-state index is 0.674. The zero-order valence-corrected chi connectivity index (χ0v) is 37.3. The first kappa shape index (κ1) is 40.8. The molecule has 10 aromatic carbocycles. The summed E-state index contributed by atoms with van der Waals surface area (Å²) < 4.78 is 0. The fourth-order valence-corrected chi connectivity index (χ4v) is 9.59. The van der Waals surface area contributed by atoms with Gasteiger partial charge in [0.25, 0.3) is 0 Å². The molecule has 1 aliphatic carbocycles. The second-order valence-corrected chi connectivity index (χ2v) is 17.7. The van der Waals surface area contributed by atoms with Crippen molar-refractivity contribution < 1.29 is 0 Å². The van der Waals surface area contributed by atoms with Crippen LogP contribution in [0.5, 0.6) is 0 Å². The van der Waals surface area contributed by atoms with Crippen LogP contribution in [0.4, 0.5) is 17.1 Å². The standard InChI is InChI=1S/C65H51N/c1-46-19-20-59(45-65(46)64-18-9-8-17-63(64)58-15-10-16-58)57-37-43-62(44-38-57)66(60-39-33-55(34-40-60)53-27-23-50(24-28-53)48-13-6-3-7-14-48)61-41-35-56(36-42-61)54-31-29-52(30-32-54)51-25-21-49(22-26-51)47-11-4-2-5-12-47/h2-9,11-14,17-45,58H,10,15-16H2,1H3. The molecule has 0 atom stereocenters. The van der Waals surface area contributed by atoms with Crippen molar-refractivity contribution in [3.8, 4) is 77.9 Å². The molecule has 1 nitrogen and oxygen atoms in total. The first-order valence-corrected chi connectivity index (χ1v) is 23.3. The maximum Gasteiger partial charge on any atom is 0.0462 e. The lowest BCUT2D eigenvalue weighted by atomic mass is 9.76. The van der Waals surface area contributed by atoms with Gasteiger partial charge in [0.15, 0.2) is 0 Å². The molecule has 1 heteroatoms. The zero-order chi connectivity index (χ0) is 44.2. The fraction of sp³-hybridized carbons (Fsp3) is 0.0769. The van der Waals surface area contributed by atoms with Gasteiger partial charge < -0.3 is 4.90 Å². The Morgan fingerprint density at radius 3 is 0.955 bits per heavy atom. The van der Waals surface area contributed by atoms with E-state index in [0.717, 1.165) is 17.1 Å². The molecule has 10 aromatic rings. The summed E-state index contributed by atoms with van der Waals surface area (Å²) in [4.78, 5) is 2.37. The van der Waals surface area contributed by atoms with E-state index in [1.165, 1.54) is 108 Å². The van der Waals surface area contributed by atoms with Gasteiger partial charge in [0.05, 0.1) is 0 Å². The second-order valence-electron chi connectivity index (χ2n) is 17.7. The predicted molar refractivity (Wildman–Crippen MR) is 281 cm³/mol. The Morgan fingerprint density at radius 2 is 0.591 bits per heavy atom. The molecule has 0 heterocycles. The highest BCUT2D eigenvalue weighted by Gasteiger charge is 2.23. The maximum absolute atomic E-state index is 2.40. The summed E-state index contributed by atoms with van der Waals surface area (Å²) in [5.41, 5.74) is 23.4. The van der Waals surface area contributed by atoms with Crippen LogP contribution in [0.15, 0.2) is 249 Å². The number of hydrogen-bond donors (Lipinski definition) is 0. The summed E-state index contributed by atoms with van der Waals surface area (Å²) in [6.07, 6.45) is 3.91. The Hall–Kier alpha value is -8.00. The third-order valence-electron chi connectivity index (χ3n) is 13.6. The molecule has 0 spiro atoms. The van der Waals surface area contributed by atoms with Gasteiger partial charge in [-0.25, -0.2) is 0 Å². The minimum Gasteiger partial charge on any atom is -0.311 e. The van der Waals surface area contributed by atoms with Crippen LogP contribution in [0, 0.1) is 6.92 Å². The topological polar surface area (TPSA) is 3.24 Å². The predicted octanol–water partition coefficient (Wildman–Crippen LogP) is 18.4. The molecule has 0 saturated heterocycles. The van der Waals surface area contributed by atoms with E-state index in [1.54, 1.807) is 0 Å². The normalized spacial score (nSPS) is 12.4. The Bertz CT molecular complexity index is 3200. The van der Waals surface area contributed by atoms with Gasteiger partial charge in [-0.3, -0.25) is 0 Å². The summed E-state index contributed by atoms with van der Waals surface area (Å²) >= 11 is 0. The molecule has 0 aromatic heterocycles. The van der Waals surface area contributed by atoms with Crippen LogP contribution in [-0.4, -0.2) is 0 Å². The monoisotopic (exact) mass is 845 g/mol. The van der Waals surface area contributed by atoms with E-state index in [4.69, 9.17) is 0 Å². The van der Waals surface area contributed by atoms with Crippen molar-refractivity contribution in [1.29, 1.82) is 0 Å². The SMILES string of the molecule is Cc1ccc(-c2ccc(N(c3ccc(-c4ccc(-c5ccccc5)cc4)cc3)c3ccc(-c4ccc(-c5ccc(-c6ccccc6)cc5)cc4)cc3)cc2)cc1-c1ccccc1C1CCC1. The van der Waals surface area contributed by atoms with Crippen molar-refractivity contribution in [2.45, 2.75) is 32.1 Å². The number of benzene rings is 10. The van der Waals surface area contributed by atoms with E-state index < -0.39 is 0 Å². The van der Waals surface area contributed by atoms with Gasteiger partial charge in [0.2, 0.25) is 0 Å². The van der Waals surface area contributed by atoms with Crippen LogP contribution in [0.3, 0.4) is 0 Å². The van der Waals surface area contributed by atoms with E-state index in [9.17, 15) is 0 Å². The van der Waals surface area contributed by atoms with E-state index in [0.29, 0.717) is 5.92 Å². The summed E-state index contributed by atoms with van der Waals surface area (Å²) in [6.45, 7) is 2.25. The van der Waals surface area contributed by atoms with Gasteiger partial charge in [-0.05, 0) is 157 Å². The molecular formula is C65H51N. The van der Waals surface area contributed by atoms with Gasteiger partial charge in [-0.2, -0.15) is 0 Å². The van der Waals surface area contributed by atoms with Crippen LogP contribution in [0.2, 0.25) is 0 Å². The second kappa shape index (κ2) is 18.2. The Labute approximate surface area is 390 Å². The third-order valence-corrected chi connectivity index (χ3v) is 13.6. The van der Waals surface area contributed by atoms with Gasteiger partial charge in [0.1, 0.15) is 0 Å². The van der Waals surface area contributed by atoms with Crippen molar-refractivity contribution >= 4 is 17.1 Å². The Kier molecular flexibility index (Phi) is 11.3. The van der Waals surface area contributed by atoms with E-state index in [-0.39, 0.29) is 0 Å². The van der Waals surface area contributed by atoms with Crippen LogP contribution in [-0.2, 0) is 0 Å². The largest absolute Gasteiger partial charge is 0.311 e. The number of hydrogen-bond acceptors (Lipinski definition) is 1. The van der Waals surface area contributed by atoms with Crippen molar-refractivity contribution in [1.82, 2.24) is 0 Å². The first-order valence-electron chi connectivity index (χ1n) is 23.3. The lowest BCUT2D eigenvalue weighted by Gasteiger charge is -2.28. The maximum atomic E-state index is 2.40. The number of nitrogens with zero attached hydrogens (tertiary/aromatic N) is 1. The van der Waals surface area contributed by atoms with Crippen LogP contribution >= 0.6 is 0 Å². The molecule has 316 valence electrons. The lowest BCUT2D eigenvalue weighted by molar-refractivity contribution is 0.420. The molecule has 0 radical (unpaired) electrons.